The molecule has 0 saturated heterocycles. The van der Waals surface area contributed by atoms with Crippen molar-refractivity contribution >= 4 is 11.6 Å². The maximum absolute atomic E-state index is 14.0. The highest BCUT2D eigenvalue weighted by Gasteiger charge is 2.33. The van der Waals surface area contributed by atoms with Gasteiger partial charge in [-0.25, -0.2) is 8.78 Å². The lowest BCUT2D eigenvalue weighted by molar-refractivity contribution is 0.0728. The normalized spacial score (nSPS) is 15.8. The molecule has 1 saturated carbocycles. The summed E-state index contributed by atoms with van der Waals surface area (Å²) in [5, 5.41) is 3.27. The van der Waals surface area contributed by atoms with E-state index in [1.54, 1.807) is 4.90 Å². The Labute approximate surface area is 139 Å². The highest BCUT2D eigenvalue weighted by Crippen LogP contribution is 2.31. The van der Waals surface area contributed by atoms with Crippen molar-refractivity contribution in [3.63, 3.8) is 0 Å². The fourth-order valence-corrected chi connectivity index (χ4v) is 3.19. The summed E-state index contributed by atoms with van der Waals surface area (Å²) in [6.45, 7) is 1.06. The van der Waals surface area contributed by atoms with Crippen molar-refractivity contribution in [3.05, 3.63) is 64.7 Å². The van der Waals surface area contributed by atoms with Crippen LogP contribution in [0.3, 0.4) is 0 Å². The number of nitrogens with one attached hydrogen (secondary N) is 1. The second-order valence-electron chi connectivity index (χ2n) is 6.45. The van der Waals surface area contributed by atoms with Crippen LogP contribution in [0.2, 0.25) is 0 Å². The van der Waals surface area contributed by atoms with E-state index in [2.05, 4.69) is 5.32 Å². The minimum absolute atomic E-state index is 0.0871. The molecule has 1 aliphatic heterocycles. The van der Waals surface area contributed by atoms with Crippen LogP contribution in [-0.4, -0.2) is 23.4 Å². The lowest BCUT2D eigenvalue weighted by Gasteiger charge is -2.23. The minimum Gasteiger partial charge on any atom is -0.384 e. The van der Waals surface area contributed by atoms with E-state index in [0.29, 0.717) is 11.1 Å². The molecule has 1 heterocycles. The van der Waals surface area contributed by atoms with Crippen molar-refractivity contribution in [3.8, 4) is 0 Å². The molecule has 2 aromatic carbocycles. The lowest BCUT2D eigenvalue weighted by Crippen LogP contribution is -2.33. The minimum atomic E-state index is -0.605. The summed E-state index contributed by atoms with van der Waals surface area (Å²) >= 11 is 0. The van der Waals surface area contributed by atoms with E-state index in [4.69, 9.17) is 0 Å². The second-order valence-corrected chi connectivity index (χ2v) is 6.45. The van der Waals surface area contributed by atoms with Crippen LogP contribution in [0.5, 0.6) is 0 Å². The van der Waals surface area contributed by atoms with Crippen LogP contribution in [0, 0.1) is 11.6 Å². The maximum Gasteiger partial charge on any atom is 0.254 e. The molecule has 5 heteroatoms. The number of halogens is 2. The van der Waals surface area contributed by atoms with Crippen LogP contribution < -0.4 is 5.32 Å². The molecule has 0 atom stereocenters. The number of benzene rings is 2. The molecule has 24 heavy (non-hydrogen) atoms. The number of carbonyl (C=O) groups is 1. The van der Waals surface area contributed by atoms with Crippen LogP contribution in [-0.2, 0) is 13.0 Å². The van der Waals surface area contributed by atoms with Gasteiger partial charge in [-0.05, 0) is 49.1 Å². The van der Waals surface area contributed by atoms with Crippen LogP contribution in [0.15, 0.2) is 36.4 Å². The molecule has 2 aromatic rings. The van der Waals surface area contributed by atoms with Gasteiger partial charge < -0.3 is 10.2 Å². The third-order valence-corrected chi connectivity index (χ3v) is 4.67. The van der Waals surface area contributed by atoms with Gasteiger partial charge in [0.15, 0.2) is 0 Å². The number of carbonyl (C=O) groups excluding carboxylic acids is 1. The van der Waals surface area contributed by atoms with E-state index >= 15 is 0 Å². The van der Waals surface area contributed by atoms with Crippen LogP contribution >= 0.6 is 0 Å². The number of rotatable bonds is 4. The predicted molar refractivity (Wildman–Crippen MR) is 87.9 cm³/mol. The average molecular weight is 328 g/mol. The third kappa shape index (κ3) is 2.86. The maximum atomic E-state index is 14.0. The van der Waals surface area contributed by atoms with Crippen molar-refractivity contribution in [2.75, 3.05) is 11.9 Å². The smallest absolute Gasteiger partial charge is 0.254 e. The molecule has 0 unspecified atom stereocenters. The first-order valence-corrected chi connectivity index (χ1v) is 8.23. The van der Waals surface area contributed by atoms with E-state index in [-0.39, 0.29) is 18.5 Å². The zero-order valence-corrected chi connectivity index (χ0v) is 13.2. The Kier molecular flexibility index (Phi) is 3.71. The molecule has 1 aliphatic carbocycles. The van der Waals surface area contributed by atoms with E-state index in [9.17, 15) is 13.6 Å². The molecule has 0 aromatic heterocycles. The number of hydrogen-bond acceptors (Lipinski definition) is 2. The van der Waals surface area contributed by atoms with Gasteiger partial charge in [0.1, 0.15) is 11.6 Å². The Hall–Kier alpha value is -2.43. The van der Waals surface area contributed by atoms with Crippen molar-refractivity contribution < 1.29 is 13.6 Å². The summed E-state index contributed by atoms with van der Waals surface area (Å²) in [6.07, 6.45) is 2.77. The van der Waals surface area contributed by atoms with E-state index in [1.807, 2.05) is 18.2 Å². The summed E-state index contributed by atoms with van der Waals surface area (Å²) in [7, 11) is 0. The Morgan fingerprint density at radius 1 is 1.17 bits per heavy atom. The molecule has 3 nitrogen and oxygen atoms in total. The molecule has 0 bridgehead atoms. The van der Waals surface area contributed by atoms with Gasteiger partial charge >= 0.3 is 0 Å². The summed E-state index contributed by atoms with van der Waals surface area (Å²) in [6, 6.07) is 9.33. The van der Waals surface area contributed by atoms with Gasteiger partial charge in [0.25, 0.3) is 5.91 Å². The van der Waals surface area contributed by atoms with E-state index in [0.717, 1.165) is 43.1 Å². The van der Waals surface area contributed by atoms with Gasteiger partial charge in [-0.2, -0.15) is 0 Å². The van der Waals surface area contributed by atoms with Gasteiger partial charge in [0.05, 0.1) is 0 Å². The van der Waals surface area contributed by atoms with Gasteiger partial charge in [-0.15, -0.1) is 0 Å². The Morgan fingerprint density at radius 3 is 2.75 bits per heavy atom. The number of anilines is 1. The zero-order chi connectivity index (χ0) is 16.7. The van der Waals surface area contributed by atoms with Crippen molar-refractivity contribution in [2.24, 2.45) is 0 Å². The largest absolute Gasteiger partial charge is 0.384 e. The van der Waals surface area contributed by atoms with Crippen molar-refractivity contribution in [2.45, 2.75) is 31.8 Å². The SMILES string of the molecule is O=C(c1ccc2c(c1)CCN2)N(Cc1ccc(F)cc1F)C1CC1. The molecule has 0 spiro atoms. The van der Waals surface area contributed by atoms with E-state index < -0.39 is 11.6 Å². The summed E-state index contributed by atoms with van der Waals surface area (Å²) in [5.41, 5.74) is 3.20. The first-order chi connectivity index (χ1) is 11.6. The molecule has 2 aliphatic rings. The quantitative estimate of drug-likeness (QED) is 0.927. The second kappa shape index (κ2) is 5.89. The van der Waals surface area contributed by atoms with Crippen LogP contribution in [0.1, 0.15) is 34.3 Å². The summed E-state index contributed by atoms with van der Waals surface area (Å²) in [4.78, 5) is 14.6. The van der Waals surface area contributed by atoms with Gasteiger partial charge in [0.2, 0.25) is 0 Å². The van der Waals surface area contributed by atoms with Crippen molar-refractivity contribution in [1.82, 2.24) is 4.90 Å². The number of nitrogens with zero attached hydrogens (tertiary/aromatic N) is 1. The highest BCUT2D eigenvalue weighted by atomic mass is 19.1. The van der Waals surface area contributed by atoms with Crippen LogP contribution in [0.4, 0.5) is 14.5 Å². The molecule has 4 rings (SSSR count). The predicted octanol–water partition coefficient (Wildman–Crippen LogP) is 3.74. The Balaban J connectivity index is 1.60. The fraction of sp³-hybridized carbons (Fsp3) is 0.316. The van der Waals surface area contributed by atoms with E-state index in [1.165, 1.54) is 12.1 Å². The number of fused-ring (bicyclic) bond motifs is 1. The molecule has 124 valence electrons. The fourth-order valence-electron chi connectivity index (χ4n) is 3.19. The third-order valence-electron chi connectivity index (χ3n) is 4.67. The molecular formula is C19H18F2N2O. The standard InChI is InChI=1S/C19H18F2N2O/c20-15-3-1-14(17(21)10-15)11-23(16-4-5-16)19(24)13-2-6-18-12(9-13)7-8-22-18/h1-3,6,9-10,16,22H,4-5,7-8,11H2. The van der Waals surface area contributed by atoms with Gasteiger partial charge in [-0.1, -0.05) is 6.07 Å². The Bertz CT molecular complexity index is 802. The number of amides is 1. The van der Waals surface area contributed by atoms with Gasteiger partial charge in [0, 0.05) is 42.0 Å². The molecular weight excluding hydrogens is 310 g/mol. The molecule has 1 fully saturated rings. The van der Waals surface area contributed by atoms with Gasteiger partial charge in [-0.3, -0.25) is 4.79 Å². The first kappa shape index (κ1) is 15.1. The topological polar surface area (TPSA) is 32.3 Å². The highest BCUT2D eigenvalue weighted by molar-refractivity contribution is 5.95. The van der Waals surface area contributed by atoms with Crippen molar-refractivity contribution in [1.29, 1.82) is 0 Å². The number of hydrogen-bond donors (Lipinski definition) is 1. The first-order valence-electron chi connectivity index (χ1n) is 8.23. The molecule has 1 N–H and O–H groups in total. The summed E-state index contributed by atoms with van der Waals surface area (Å²) < 4.78 is 27.0. The lowest BCUT2D eigenvalue weighted by atomic mass is 10.1. The van der Waals surface area contributed by atoms with Crippen LogP contribution in [0.25, 0.3) is 0 Å². The molecule has 0 radical (unpaired) electrons. The average Bonchev–Trinajstić information content (AvgIpc) is 3.30. The zero-order valence-electron chi connectivity index (χ0n) is 13.2. The summed E-state index contributed by atoms with van der Waals surface area (Å²) in [5.74, 6) is -1.30. The Morgan fingerprint density at radius 2 is 2.00 bits per heavy atom. The molecule has 1 amide bonds. The monoisotopic (exact) mass is 328 g/mol.